The van der Waals surface area contributed by atoms with Gasteiger partial charge in [0.25, 0.3) is 5.91 Å². The van der Waals surface area contributed by atoms with Crippen molar-refractivity contribution < 1.29 is 9.59 Å². The first-order chi connectivity index (χ1) is 14.5. The third kappa shape index (κ3) is 3.96. The van der Waals surface area contributed by atoms with Gasteiger partial charge in [-0.3, -0.25) is 19.5 Å². The van der Waals surface area contributed by atoms with Crippen molar-refractivity contribution >= 4 is 17.5 Å². The standard InChI is InChI=1S/C25H25N3O2/c1-17(2)19-12-10-18(11-13-19)16-27-23(29)15-22-24-21(9-6-14-26-24)25(30)28(22)20-7-4-3-5-8-20/h3-14,17,22H,15-16H2,1-2H3,(H,27,29)/t22-/m1/s1. The number of pyridine rings is 1. The Kier molecular flexibility index (Phi) is 5.61. The highest BCUT2D eigenvalue weighted by atomic mass is 16.2. The van der Waals surface area contributed by atoms with E-state index in [0.29, 0.717) is 23.7 Å². The molecule has 2 aromatic carbocycles. The summed E-state index contributed by atoms with van der Waals surface area (Å²) in [5, 5.41) is 2.99. The van der Waals surface area contributed by atoms with Gasteiger partial charge in [0.2, 0.25) is 5.91 Å². The van der Waals surface area contributed by atoms with Crippen LogP contribution < -0.4 is 10.2 Å². The summed E-state index contributed by atoms with van der Waals surface area (Å²) in [6.07, 6.45) is 1.83. The zero-order chi connectivity index (χ0) is 21.1. The first-order valence-corrected chi connectivity index (χ1v) is 10.2. The van der Waals surface area contributed by atoms with Crippen molar-refractivity contribution in [3.63, 3.8) is 0 Å². The van der Waals surface area contributed by atoms with E-state index in [1.54, 1.807) is 23.2 Å². The fourth-order valence-electron chi connectivity index (χ4n) is 3.80. The highest BCUT2D eigenvalue weighted by molar-refractivity contribution is 6.11. The van der Waals surface area contributed by atoms with Crippen molar-refractivity contribution in [1.29, 1.82) is 0 Å². The summed E-state index contributed by atoms with van der Waals surface area (Å²) in [4.78, 5) is 31.9. The van der Waals surface area contributed by atoms with Crippen molar-refractivity contribution in [1.82, 2.24) is 10.3 Å². The molecule has 0 aliphatic carbocycles. The van der Waals surface area contributed by atoms with Gasteiger partial charge in [0.05, 0.1) is 23.7 Å². The van der Waals surface area contributed by atoms with E-state index in [1.165, 1.54) is 5.56 Å². The molecule has 0 saturated heterocycles. The average Bonchev–Trinajstić information content (AvgIpc) is 3.05. The van der Waals surface area contributed by atoms with Crippen molar-refractivity contribution in [2.75, 3.05) is 4.90 Å². The van der Waals surface area contributed by atoms with Gasteiger partial charge < -0.3 is 5.32 Å². The van der Waals surface area contributed by atoms with Crippen molar-refractivity contribution in [2.45, 2.75) is 38.8 Å². The molecule has 0 bridgehead atoms. The van der Waals surface area contributed by atoms with Gasteiger partial charge in [-0.15, -0.1) is 0 Å². The topological polar surface area (TPSA) is 62.3 Å². The van der Waals surface area contributed by atoms with Gasteiger partial charge in [0.15, 0.2) is 0 Å². The number of aromatic nitrogens is 1. The summed E-state index contributed by atoms with van der Waals surface area (Å²) in [5.74, 6) is 0.247. The van der Waals surface area contributed by atoms with Crippen LogP contribution in [0.3, 0.4) is 0 Å². The summed E-state index contributed by atoms with van der Waals surface area (Å²) < 4.78 is 0. The highest BCUT2D eigenvalue weighted by Gasteiger charge is 2.39. The molecule has 2 heterocycles. The predicted molar refractivity (Wildman–Crippen MR) is 117 cm³/mol. The molecule has 1 aromatic heterocycles. The Morgan fingerprint density at radius 3 is 2.47 bits per heavy atom. The van der Waals surface area contributed by atoms with Crippen LogP contribution in [0.4, 0.5) is 5.69 Å². The minimum Gasteiger partial charge on any atom is -0.352 e. The molecule has 2 amide bonds. The Balaban J connectivity index is 1.49. The molecule has 0 saturated carbocycles. The van der Waals surface area contributed by atoms with E-state index in [1.807, 2.05) is 42.5 Å². The number of rotatable bonds is 6. The minimum atomic E-state index is -0.417. The van der Waals surface area contributed by atoms with E-state index in [9.17, 15) is 9.59 Å². The van der Waals surface area contributed by atoms with Crippen LogP contribution in [-0.4, -0.2) is 16.8 Å². The highest BCUT2D eigenvalue weighted by Crippen LogP contribution is 2.38. The first kappa shape index (κ1) is 19.8. The summed E-state index contributed by atoms with van der Waals surface area (Å²) >= 11 is 0. The summed E-state index contributed by atoms with van der Waals surface area (Å²) in [7, 11) is 0. The lowest BCUT2D eigenvalue weighted by atomic mass is 10.0. The lowest BCUT2D eigenvalue weighted by Crippen LogP contribution is -2.32. The van der Waals surface area contributed by atoms with Gasteiger partial charge >= 0.3 is 0 Å². The number of fused-ring (bicyclic) bond motifs is 1. The van der Waals surface area contributed by atoms with Crippen molar-refractivity contribution in [3.05, 3.63) is 95.3 Å². The van der Waals surface area contributed by atoms with Gasteiger partial charge in [-0.05, 0) is 41.3 Å². The summed E-state index contributed by atoms with van der Waals surface area (Å²) in [6, 6.07) is 20.8. The van der Waals surface area contributed by atoms with Crippen LogP contribution in [0, 0.1) is 0 Å². The smallest absolute Gasteiger partial charge is 0.260 e. The molecular formula is C25H25N3O2. The third-order valence-corrected chi connectivity index (χ3v) is 5.46. The lowest BCUT2D eigenvalue weighted by Gasteiger charge is -2.24. The predicted octanol–water partition coefficient (Wildman–Crippen LogP) is 4.61. The maximum atomic E-state index is 13.0. The van der Waals surface area contributed by atoms with Crippen molar-refractivity contribution in [3.8, 4) is 0 Å². The first-order valence-electron chi connectivity index (χ1n) is 10.2. The van der Waals surface area contributed by atoms with Crippen LogP contribution in [-0.2, 0) is 11.3 Å². The van der Waals surface area contributed by atoms with E-state index >= 15 is 0 Å². The van der Waals surface area contributed by atoms with Gasteiger partial charge in [-0.25, -0.2) is 0 Å². The lowest BCUT2D eigenvalue weighted by molar-refractivity contribution is -0.121. The van der Waals surface area contributed by atoms with E-state index < -0.39 is 6.04 Å². The fraction of sp³-hybridized carbons (Fsp3) is 0.240. The molecule has 1 aliphatic rings. The van der Waals surface area contributed by atoms with Gasteiger partial charge in [-0.1, -0.05) is 56.3 Å². The Labute approximate surface area is 176 Å². The van der Waals surface area contributed by atoms with Crippen LogP contribution in [0.15, 0.2) is 72.9 Å². The van der Waals surface area contributed by atoms with Gasteiger partial charge in [-0.2, -0.15) is 0 Å². The number of carbonyl (C=O) groups is 2. The number of carbonyl (C=O) groups excluding carboxylic acids is 2. The molecule has 5 nitrogen and oxygen atoms in total. The number of nitrogens with zero attached hydrogens (tertiary/aromatic N) is 2. The van der Waals surface area contributed by atoms with Crippen LogP contribution in [0.25, 0.3) is 0 Å². The molecule has 1 atom stereocenters. The Morgan fingerprint density at radius 2 is 1.77 bits per heavy atom. The summed E-state index contributed by atoms with van der Waals surface area (Å²) in [6.45, 7) is 4.77. The SMILES string of the molecule is CC(C)c1ccc(CNC(=O)C[C@@H]2c3ncccc3C(=O)N2c2ccccc2)cc1. The van der Waals surface area contributed by atoms with E-state index in [0.717, 1.165) is 11.3 Å². The quantitative estimate of drug-likeness (QED) is 0.658. The van der Waals surface area contributed by atoms with Crippen LogP contribution in [0.1, 0.15) is 59.4 Å². The van der Waals surface area contributed by atoms with Gasteiger partial charge in [0, 0.05) is 18.4 Å². The monoisotopic (exact) mass is 399 g/mol. The van der Waals surface area contributed by atoms with Crippen molar-refractivity contribution in [2.24, 2.45) is 0 Å². The number of para-hydroxylation sites is 1. The molecular weight excluding hydrogens is 374 g/mol. The number of nitrogens with one attached hydrogen (secondary N) is 1. The zero-order valence-electron chi connectivity index (χ0n) is 17.2. The number of amides is 2. The average molecular weight is 399 g/mol. The van der Waals surface area contributed by atoms with E-state index in [-0.39, 0.29) is 18.2 Å². The molecule has 0 fully saturated rings. The van der Waals surface area contributed by atoms with Crippen LogP contribution >= 0.6 is 0 Å². The number of anilines is 1. The van der Waals surface area contributed by atoms with Gasteiger partial charge in [0.1, 0.15) is 0 Å². The second-order valence-electron chi connectivity index (χ2n) is 7.84. The minimum absolute atomic E-state index is 0.111. The maximum absolute atomic E-state index is 13.0. The molecule has 152 valence electrons. The molecule has 0 radical (unpaired) electrons. The second-order valence-corrected chi connectivity index (χ2v) is 7.84. The Bertz CT molecular complexity index is 1050. The molecule has 4 rings (SSSR count). The maximum Gasteiger partial charge on any atom is 0.260 e. The third-order valence-electron chi connectivity index (χ3n) is 5.46. The number of benzene rings is 2. The number of hydrogen-bond donors (Lipinski definition) is 1. The molecule has 0 spiro atoms. The van der Waals surface area contributed by atoms with Crippen LogP contribution in [0.5, 0.6) is 0 Å². The molecule has 3 aromatic rings. The Morgan fingerprint density at radius 1 is 1.03 bits per heavy atom. The molecule has 30 heavy (non-hydrogen) atoms. The fourth-order valence-corrected chi connectivity index (χ4v) is 3.80. The zero-order valence-corrected chi connectivity index (χ0v) is 17.2. The largest absolute Gasteiger partial charge is 0.352 e. The molecule has 1 N–H and O–H groups in total. The van der Waals surface area contributed by atoms with E-state index in [2.05, 4.69) is 36.3 Å². The second kappa shape index (κ2) is 8.49. The van der Waals surface area contributed by atoms with E-state index in [4.69, 9.17) is 0 Å². The summed E-state index contributed by atoms with van der Waals surface area (Å²) in [5.41, 5.74) is 4.30. The van der Waals surface area contributed by atoms with Crippen LogP contribution in [0.2, 0.25) is 0 Å². The normalized spacial score (nSPS) is 15.4. The molecule has 5 heteroatoms. The number of hydrogen-bond acceptors (Lipinski definition) is 3. The molecule has 0 unspecified atom stereocenters. The molecule has 1 aliphatic heterocycles. The Hall–Kier alpha value is -3.47.